The minimum absolute atomic E-state index is 0.787. The predicted octanol–water partition coefficient (Wildman–Crippen LogP) is 3.66. The molecule has 0 unspecified atom stereocenters. The van der Waals surface area contributed by atoms with Gasteiger partial charge in [-0.15, -0.1) is 0 Å². The molecule has 1 heteroatoms. The van der Waals surface area contributed by atoms with Gasteiger partial charge in [-0.25, -0.2) is 0 Å². The molecule has 3 rings (SSSR count). The van der Waals surface area contributed by atoms with Crippen molar-refractivity contribution in [2.24, 2.45) is 11.8 Å². The minimum atomic E-state index is 0.787. The molecule has 0 amide bonds. The highest BCUT2D eigenvalue weighted by molar-refractivity contribution is 5.58. The highest BCUT2D eigenvalue weighted by Gasteiger charge is 2.40. The summed E-state index contributed by atoms with van der Waals surface area (Å²) in [4.78, 5) is 2.56. The first kappa shape index (κ1) is 11.1. The molecular formula is C16H23N. The molecule has 2 atom stereocenters. The number of fused-ring (bicyclic) bond motifs is 1. The van der Waals surface area contributed by atoms with Crippen LogP contribution in [0.25, 0.3) is 0 Å². The monoisotopic (exact) mass is 229 g/mol. The van der Waals surface area contributed by atoms with Crippen LogP contribution in [0.15, 0.2) is 18.2 Å². The van der Waals surface area contributed by atoms with Gasteiger partial charge >= 0.3 is 0 Å². The van der Waals surface area contributed by atoms with Crippen molar-refractivity contribution in [2.75, 3.05) is 11.9 Å². The zero-order valence-corrected chi connectivity index (χ0v) is 11.2. The standard InChI is InChI=1S/C16H23N/c1-4-12-5-8-15-14(10-12)9-11(2)16(17(15)3)13-6-7-13/h5,8,10-11,13,16H,4,6-7,9H2,1-3H3/t11-,16-/m1/s1. The molecule has 1 fully saturated rings. The summed E-state index contributed by atoms with van der Waals surface area (Å²) in [5.41, 5.74) is 4.53. The smallest absolute Gasteiger partial charge is 0.0399 e. The molecule has 1 nitrogen and oxygen atoms in total. The van der Waals surface area contributed by atoms with Crippen LogP contribution in [0.2, 0.25) is 0 Å². The van der Waals surface area contributed by atoms with Crippen molar-refractivity contribution in [3.05, 3.63) is 29.3 Å². The van der Waals surface area contributed by atoms with Gasteiger partial charge in [-0.2, -0.15) is 0 Å². The van der Waals surface area contributed by atoms with Gasteiger partial charge < -0.3 is 4.90 Å². The van der Waals surface area contributed by atoms with E-state index in [1.54, 1.807) is 5.56 Å². The molecule has 0 bridgehead atoms. The number of aryl methyl sites for hydroxylation is 1. The molecular weight excluding hydrogens is 206 g/mol. The van der Waals surface area contributed by atoms with Gasteiger partial charge in [0.1, 0.15) is 0 Å². The highest BCUT2D eigenvalue weighted by Crippen LogP contribution is 2.44. The van der Waals surface area contributed by atoms with Crippen LogP contribution < -0.4 is 4.90 Å². The van der Waals surface area contributed by atoms with Gasteiger partial charge in [-0.3, -0.25) is 0 Å². The largest absolute Gasteiger partial charge is 0.371 e. The molecule has 0 aromatic heterocycles. The average Bonchev–Trinajstić information content (AvgIpc) is 3.12. The fourth-order valence-corrected chi connectivity index (χ4v) is 3.59. The Hall–Kier alpha value is -0.980. The van der Waals surface area contributed by atoms with Crippen LogP contribution in [-0.2, 0) is 12.8 Å². The molecule has 1 aromatic rings. The summed E-state index contributed by atoms with van der Waals surface area (Å²) in [5.74, 6) is 1.78. The fraction of sp³-hybridized carbons (Fsp3) is 0.625. The Bertz CT molecular complexity index is 420. The first-order chi connectivity index (χ1) is 8.20. The van der Waals surface area contributed by atoms with Gasteiger partial charge in [-0.1, -0.05) is 26.0 Å². The van der Waals surface area contributed by atoms with Gasteiger partial charge in [0.25, 0.3) is 0 Å². The van der Waals surface area contributed by atoms with E-state index in [0.29, 0.717) is 0 Å². The summed E-state index contributed by atoms with van der Waals surface area (Å²) >= 11 is 0. The quantitative estimate of drug-likeness (QED) is 0.748. The third-order valence-corrected chi connectivity index (χ3v) is 4.61. The van der Waals surface area contributed by atoms with Crippen LogP contribution in [-0.4, -0.2) is 13.1 Å². The second kappa shape index (κ2) is 4.04. The first-order valence-electron chi connectivity index (χ1n) is 7.05. The third-order valence-electron chi connectivity index (χ3n) is 4.61. The molecule has 1 aliphatic heterocycles. The molecule has 1 saturated carbocycles. The lowest BCUT2D eigenvalue weighted by Crippen LogP contribution is -2.43. The molecule has 0 spiro atoms. The molecule has 1 aliphatic carbocycles. The van der Waals surface area contributed by atoms with Crippen LogP contribution in [0, 0.1) is 11.8 Å². The van der Waals surface area contributed by atoms with E-state index in [0.717, 1.165) is 24.3 Å². The van der Waals surface area contributed by atoms with Gasteiger partial charge in [0.2, 0.25) is 0 Å². The van der Waals surface area contributed by atoms with E-state index in [2.05, 4.69) is 44.0 Å². The molecule has 1 aromatic carbocycles. The summed E-state index contributed by atoms with van der Waals surface area (Å²) in [6, 6.07) is 7.85. The maximum absolute atomic E-state index is 2.56. The number of anilines is 1. The maximum Gasteiger partial charge on any atom is 0.0399 e. The van der Waals surface area contributed by atoms with E-state index in [-0.39, 0.29) is 0 Å². The van der Waals surface area contributed by atoms with Crippen LogP contribution in [0.3, 0.4) is 0 Å². The third kappa shape index (κ3) is 1.86. The van der Waals surface area contributed by atoms with E-state index >= 15 is 0 Å². The van der Waals surface area contributed by atoms with Crippen LogP contribution in [0.5, 0.6) is 0 Å². The number of benzene rings is 1. The maximum atomic E-state index is 2.56. The lowest BCUT2D eigenvalue weighted by atomic mass is 9.84. The van der Waals surface area contributed by atoms with Crippen LogP contribution in [0.4, 0.5) is 5.69 Å². The van der Waals surface area contributed by atoms with Gasteiger partial charge in [0.05, 0.1) is 0 Å². The molecule has 17 heavy (non-hydrogen) atoms. The molecule has 0 radical (unpaired) electrons. The Kier molecular flexibility index (Phi) is 2.65. The van der Waals surface area contributed by atoms with Crippen molar-refractivity contribution in [3.8, 4) is 0 Å². The number of hydrogen-bond donors (Lipinski definition) is 0. The van der Waals surface area contributed by atoms with E-state index in [4.69, 9.17) is 0 Å². The normalized spacial score (nSPS) is 28.1. The van der Waals surface area contributed by atoms with Crippen molar-refractivity contribution in [2.45, 2.75) is 45.6 Å². The Morgan fingerprint density at radius 2 is 2.06 bits per heavy atom. The molecule has 0 saturated heterocycles. The summed E-state index contributed by atoms with van der Waals surface area (Å²) in [7, 11) is 2.29. The Labute approximate surface area is 105 Å². The van der Waals surface area contributed by atoms with E-state index < -0.39 is 0 Å². The molecule has 1 heterocycles. The van der Waals surface area contributed by atoms with Gasteiger partial charge in [0, 0.05) is 18.8 Å². The minimum Gasteiger partial charge on any atom is -0.371 e. The van der Waals surface area contributed by atoms with Crippen molar-refractivity contribution < 1.29 is 0 Å². The first-order valence-corrected chi connectivity index (χ1v) is 7.05. The summed E-state index contributed by atoms with van der Waals surface area (Å²) in [5, 5.41) is 0. The van der Waals surface area contributed by atoms with E-state index in [1.165, 1.54) is 30.5 Å². The predicted molar refractivity (Wildman–Crippen MR) is 73.6 cm³/mol. The summed E-state index contributed by atoms with van der Waals surface area (Å²) in [6.45, 7) is 4.67. The zero-order valence-electron chi connectivity index (χ0n) is 11.2. The fourth-order valence-electron chi connectivity index (χ4n) is 3.59. The lowest BCUT2D eigenvalue weighted by molar-refractivity contribution is 0.381. The topological polar surface area (TPSA) is 3.24 Å². The number of rotatable bonds is 2. The van der Waals surface area contributed by atoms with Crippen molar-refractivity contribution in [1.29, 1.82) is 0 Å². The highest BCUT2D eigenvalue weighted by atomic mass is 15.2. The Balaban J connectivity index is 1.96. The SMILES string of the molecule is CCc1ccc2c(c1)C[C@@H](C)[C@H](C1CC1)N2C. The lowest BCUT2D eigenvalue weighted by Gasteiger charge is -2.41. The van der Waals surface area contributed by atoms with Crippen LogP contribution in [0.1, 0.15) is 37.8 Å². The average molecular weight is 229 g/mol. The second-order valence-electron chi connectivity index (χ2n) is 5.94. The Morgan fingerprint density at radius 3 is 2.71 bits per heavy atom. The van der Waals surface area contributed by atoms with Gasteiger partial charge in [0.15, 0.2) is 0 Å². The molecule has 92 valence electrons. The molecule has 2 aliphatic rings. The Morgan fingerprint density at radius 1 is 1.29 bits per heavy atom. The van der Waals surface area contributed by atoms with Crippen molar-refractivity contribution in [1.82, 2.24) is 0 Å². The van der Waals surface area contributed by atoms with E-state index in [1.807, 2.05) is 0 Å². The van der Waals surface area contributed by atoms with Crippen molar-refractivity contribution >= 4 is 5.69 Å². The zero-order chi connectivity index (χ0) is 12.0. The van der Waals surface area contributed by atoms with Crippen LogP contribution >= 0.6 is 0 Å². The van der Waals surface area contributed by atoms with Gasteiger partial charge in [-0.05, 0) is 54.7 Å². The molecule has 0 N–H and O–H groups in total. The van der Waals surface area contributed by atoms with E-state index in [9.17, 15) is 0 Å². The summed E-state index contributed by atoms with van der Waals surface area (Å²) < 4.78 is 0. The number of hydrogen-bond acceptors (Lipinski definition) is 1. The number of nitrogens with zero attached hydrogens (tertiary/aromatic N) is 1. The second-order valence-corrected chi connectivity index (χ2v) is 5.94. The van der Waals surface area contributed by atoms with Crippen molar-refractivity contribution in [3.63, 3.8) is 0 Å². The summed E-state index contributed by atoms with van der Waals surface area (Å²) in [6.07, 6.45) is 5.32.